The second kappa shape index (κ2) is 9.19. The van der Waals surface area contributed by atoms with Crippen LogP contribution in [0.4, 0.5) is 0 Å². The summed E-state index contributed by atoms with van der Waals surface area (Å²) in [5.41, 5.74) is 0.706. The van der Waals surface area contributed by atoms with Crippen molar-refractivity contribution in [3.63, 3.8) is 0 Å². The number of hydrogen-bond donors (Lipinski definition) is 0. The Kier molecular flexibility index (Phi) is 6.14. The van der Waals surface area contributed by atoms with Crippen molar-refractivity contribution in [2.75, 3.05) is 13.2 Å². The van der Waals surface area contributed by atoms with Gasteiger partial charge in [0, 0.05) is 17.7 Å². The lowest BCUT2D eigenvalue weighted by molar-refractivity contribution is -0.123. The highest BCUT2D eigenvalue weighted by Crippen LogP contribution is 2.35. The van der Waals surface area contributed by atoms with Gasteiger partial charge in [-0.2, -0.15) is 0 Å². The molecule has 1 amide bonds. The molecule has 4 heterocycles. The van der Waals surface area contributed by atoms with Crippen LogP contribution in [0.3, 0.4) is 0 Å². The van der Waals surface area contributed by atoms with Crippen LogP contribution in [0.5, 0.6) is 0 Å². The van der Waals surface area contributed by atoms with Crippen molar-refractivity contribution in [2.45, 2.75) is 28.9 Å². The summed E-state index contributed by atoms with van der Waals surface area (Å²) in [5.74, 6) is -0.191. The Morgan fingerprint density at radius 1 is 1.19 bits per heavy atom. The van der Waals surface area contributed by atoms with Crippen LogP contribution in [-0.4, -0.2) is 43.8 Å². The predicted molar refractivity (Wildman–Crippen MR) is 131 cm³/mol. The minimum Gasteiger partial charge on any atom is -0.376 e. The third kappa shape index (κ3) is 4.25. The molecule has 0 aliphatic carbocycles. The third-order valence-electron chi connectivity index (χ3n) is 5.25. The van der Waals surface area contributed by atoms with Gasteiger partial charge in [0.2, 0.25) is 0 Å². The normalized spacial score (nSPS) is 20.1. The van der Waals surface area contributed by atoms with Crippen LogP contribution in [-0.2, 0) is 9.53 Å². The lowest BCUT2D eigenvalue weighted by Crippen LogP contribution is -2.35. The second-order valence-corrected chi connectivity index (χ2v) is 10.1. The molecule has 2 saturated heterocycles. The van der Waals surface area contributed by atoms with Crippen LogP contribution < -0.4 is 5.56 Å². The number of rotatable bonds is 5. The standard InChI is InChI=1S/C23H19N3O3S3/c27-21-17(13-18-22(28)26(23(30)32-18)14-15-7-6-12-29-15)20(31-16-8-2-1-3-9-16)24-19-10-4-5-11-25(19)21/h1-5,8-11,13,15H,6-7,12,14H2/b18-13-. The van der Waals surface area contributed by atoms with E-state index in [1.54, 1.807) is 29.3 Å². The van der Waals surface area contributed by atoms with Gasteiger partial charge >= 0.3 is 0 Å². The Labute approximate surface area is 198 Å². The van der Waals surface area contributed by atoms with Crippen molar-refractivity contribution in [1.82, 2.24) is 14.3 Å². The first-order chi connectivity index (χ1) is 15.6. The summed E-state index contributed by atoms with van der Waals surface area (Å²) < 4.78 is 7.65. The van der Waals surface area contributed by atoms with E-state index in [9.17, 15) is 9.59 Å². The van der Waals surface area contributed by atoms with E-state index in [4.69, 9.17) is 21.9 Å². The summed E-state index contributed by atoms with van der Waals surface area (Å²) in [6.45, 7) is 1.16. The number of ether oxygens (including phenoxy) is 1. The first-order valence-electron chi connectivity index (χ1n) is 10.2. The highest BCUT2D eigenvalue weighted by Gasteiger charge is 2.35. The molecule has 5 rings (SSSR count). The zero-order chi connectivity index (χ0) is 22.1. The maximum atomic E-state index is 13.4. The molecule has 6 nitrogen and oxygen atoms in total. The van der Waals surface area contributed by atoms with Gasteiger partial charge in [0.15, 0.2) is 0 Å². The molecule has 2 aliphatic rings. The fraction of sp³-hybridized carbons (Fsp3) is 0.217. The van der Waals surface area contributed by atoms with Gasteiger partial charge < -0.3 is 4.74 Å². The first-order valence-corrected chi connectivity index (χ1v) is 12.3. The number of carbonyl (C=O) groups is 1. The molecule has 2 aliphatic heterocycles. The Hall–Kier alpha value is -2.46. The van der Waals surface area contributed by atoms with Crippen LogP contribution in [0.25, 0.3) is 11.7 Å². The Morgan fingerprint density at radius 2 is 2.00 bits per heavy atom. The van der Waals surface area contributed by atoms with Gasteiger partial charge in [-0.05, 0) is 43.2 Å². The summed E-state index contributed by atoms with van der Waals surface area (Å²) in [6, 6.07) is 15.2. The summed E-state index contributed by atoms with van der Waals surface area (Å²) in [5, 5.41) is 0.553. The van der Waals surface area contributed by atoms with Gasteiger partial charge in [0.25, 0.3) is 11.5 Å². The summed E-state index contributed by atoms with van der Waals surface area (Å²) in [7, 11) is 0. The molecular formula is C23H19N3O3S3. The van der Waals surface area contributed by atoms with E-state index in [0.717, 1.165) is 24.3 Å². The van der Waals surface area contributed by atoms with Crippen molar-refractivity contribution in [1.29, 1.82) is 0 Å². The van der Waals surface area contributed by atoms with Crippen molar-refractivity contribution < 1.29 is 9.53 Å². The summed E-state index contributed by atoms with van der Waals surface area (Å²) >= 11 is 8.08. The maximum absolute atomic E-state index is 13.4. The number of fused-ring (bicyclic) bond motifs is 1. The van der Waals surface area contributed by atoms with Gasteiger partial charge in [0.1, 0.15) is 15.0 Å². The number of amides is 1. The monoisotopic (exact) mass is 481 g/mol. The van der Waals surface area contributed by atoms with E-state index in [1.807, 2.05) is 36.4 Å². The molecule has 0 saturated carbocycles. The molecule has 2 fully saturated rings. The minimum atomic E-state index is -0.224. The molecule has 1 unspecified atom stereocenters. The van der Waals surface area contributed by atoms with Crippen LogP contribution >= 0.6 is 35.7 Å². The van der Waals surface area contributed by atoms with Crippen molar-refractivity contribution in [3.05, 3.63) is 75.6 Å². The number of nitrogens with zero attached hydrogens (tertiary/aromatic N) is 3. The molecule has 1 atom stereocenters. The first kappa shape index (κ1) is 21.4. The van der Waals surface area contributed by atoms with Crippen LogP contribution in [0.2, 0.25) is 0 Å². The van der Waals surface area contributed by atoms with E-state index in [0.29, 0.717) is 32.0 Å². The number of pyridine rings is 1. The number of thiocarbonyl (C=S) groups is 1. The van der Waals surface area contributed by atoms with Crippen LogP contribution in [0, 0.1) is 0 Å². The maximum Gasteiger partial charge on any atom is 0.266 e. The summed E-state index contributed by atoms with van der Waals surface area (Å²) in [4.78, 5) is 34.1. The van der Waals surface area contributed by atoms with Crippen molar-refractivity contribution in [3.8, 4) is 0 Å². The quantitative estimate of drug-likeness (QED) is 0.307. The van der Waals surface area contributed by atoms with Gasteiger partial charge in [-0.25, -0.2) is 4.98 Å². The molecule has 1 aromatic carbocycles. The SMILES string of the molecule is O=C1/C(=C/c2c(Sc3ccccc3)nc3ccccn3c2=O)SC(=S)N1CC1CCCO1. The van der Waals surface area contributed by atoms with E-state index in [2.05, 4.69) is 0 Å². The zero-order valence-electron chi connectivity index (χ0n) is 17.0. The van der Waals surface area contributed by atoms with E-state index >= 15 is 0 Å². The molecule has 0 N–H and O–H groups in total. The lowest BCUT2D eigenvalue weighted by atomic mass is 10.2. The topological polar surface area (TPSA) is 63.9 Å². The molecule has 3 aromatic rings. The third-order valence-corrected chi connectivity index (χ3v) is 7.64. The van der Waals surface area contributed by atoms with Gasteiger partial charge in [-0.15, -0.1) is 0 Å². The molecule has 162 valence electrons. The lowest BCUT2D eigenvalue weighted by Gasteiger charge is -2.18. The van der Waals surface area contributed by atoms with Gasteiger partial charge in [-0.3, -0.25) is 18.9 Å². The fourth-order valence-corrected chi connectivity index (χ4v) is 5.83. The molecule has 32 heavy (non-hydrogen) atoms. The second-order valence-electron chi connectivity index (χ2n) is 7.41. The van der Waals surface area contributed by atoms with Crippen LogP contribution in [0.1, 0.15) is 18.4 Å². The van der Waals surface area contributed by atoms with Crippen LogP contribution in [0.15, 0.2) is 74.3 Å². The number of benzene rings is 1. The molecule has 0 radical (unpaired) electrons. The van der Waals surface area contributed by atoms with E-state index in [-0.39, 0.29) is 17.6 Å². The van der Waals surface area contributed by atoms with Gasteiger partial charge in [-0.1, -0.05) is 60.0 Å². The number of hydrogen-bond acceptors (Lipinski definition) is 7. The molecule has 9 heteroatoms. The predicted octanol–water partition coefficient (Wildman–Crippen LogP) is 4.23. The molecular weight excluding hydrogens is 462 g/mol. The Bertz CT molecular complexity index is 1280. The van der Waals surface area contributed by atoms with Gasteiger partial charge in [0.05, 0.1) is 23.1 Å². The summed E-state index contributed by atoms with van der Waals surface area (Å²) in [6.07, 6.45) is 5.24. The highest BCUT2D eigenvalue weighted by atomic mass is 32.2. The Morgan fingerprint density at radius 3 is 2.78 bits per heavy atom. The fourth-order valence-electron chi connectivity index (χ4n) is 3.66. The molecule has 0 bridgehead atoms. The number of aromatic nitrogens is 2. The average molecular weight is 482 g/mol. The minimum absolute atomic E-state index is 0.00834. The van der Waals surface area contributed by atoms with E-state index < -0.39 is 0 Å². The molecule has 0 spiro atoms. The number of carbonyl (C=O) groups excluding carboxylic acids is 1. The van der Waals surface area contributed by atoms with Crippen molar-refractivity contribution in [2.24, 2.45) is 0 Å². The zero-order valence-corrected chi connectivity index (χ0v) is 19.4. The van der Waals surface area contributed by atoms with E-state index in [1.165, 1.54) is 27.9 Å². The highest BCUT2D eigenvalue weighted by molar-refractivity contribution is 8.26. The smallest absolute Gasteiger partial charge is 0.266 e. The van der Waals surface area contributed by atoms with Crippen molar-refractivity contribution >= 4 is 57.7 Å². The average Bonchev–Trinajstić information content (AvgIpc) is 3.41. The largest absolute Gasteiger partial charge is 0.376 e. The molecule has 2 aromatic heterocycles. The number of thioether (sulfide) groups is 1. The Balaban J connectivity index is 1.55.